The number of hydrogen-bond donors (Lipinski definition) is 1. The van der Waals surface area contributed by atoms with Crippen LogP contribution in [0.4, 0.5) is 11.4 Å². The van der Waals surface area contributed by atoms with Gasteiger partial charge in [-0.1, -0.05) is 23.7 Å². The highest BCUT2D eigenvalue weighted by Crippen LogP contribution is 2.40. The first-order valence-corrected chi connectivity index (χ1v) is 9.22. The molecule has 1 N–H and O–H groups in total. The number of fused-ring (bicyclic) bond motifs is 2. The van der Waals surface area contributed by atoms with Crippen LogP contribution >= 0.6 is 22.9 Å². The van der Waals surface area contributed by atoms with E-state index in [0.29, 0.717) is 0 Å². The highest BCUT2D eigenvalue weighted by molar-refractivity contribution is 7.17. The predicted molar refractivity (Wildman–Crippen MR) is 102 cm³/mol. The highest BCUT2D eigenvalue weighted by atomic mass is 35.5. The summed E-state index contributed by atoms with van der Waals surface area (Å²) in [6, 6.07) is 12.9. The van der Waals surface area contributed by atoms with Gasteiger partial charge in [-0.3, -0.25) is 0 Å². The number of halogens is 1. The van der Waals surface area contributed by atoms with Crippen molar-refractivity contribution in [3.63, 3.8) is 0 Å². The third-order valence-electron chi connectivity index (χ3n) is 4.62. The van der Waals surface area contributed by atoms with Crippen molar-refractivity contribution in [3.8, 4) is 0 Å². The number of hydrogen-bond acceptors (Lipinski definition) is 3. The average molecular weight is 343 g/mol. The fraction of sp³-hybridized carbons (Fsp3) is 0.263. The van der Waals surface area contributed by atoms with Crippen LogP contribution in [0.25, 0.3) is 10.1 Å². The molecule has 0 radical (unpaired) electrons. The minimum absolute atomic E-state index is 0.834. The van der Waals surface area contributed by atoms with E-state index < -0.39 is 0 Å². The average Bonchev–Trinajstić information content (AvgIpc) is 2.92. The minimum atomic E-state index is 0.834. The van der Waals surface area contributed by atoms with Crippen molar-refractivity contribution in [3.05, 3.63) is 57.9 Å². The van der Waals surface area contributed by atoms with E-state index in [2.05, 4.69) is 53.0 Å². The van der Waals surface area contributed by atoms with Gasteiger partial charge in [-0.15, -0.1) is 11.3 Å². The summed E-state index contributed by atoms with van der Waals surface area (Å²) in [6.07, 6.45) is 2.09. The predicted octanol–water partition coefficient (Wildman–Crippen LogP) is 5.01. The summed E-state index contributed by atoms with van der Waals surface area (Å²) in [5.74, 6) is 0. The quantitative estimate of drug-likeness (QED) is 0.704. The maximum atomic E-state index is 6.62. The number of nitrogens with zero attached hydrogens (tertiary/aromatic N) is 1. The monoisotopic (exact) mass is 342 g/mol. The van der Waals surface area contributed by atoms with E-state index in [4.69, 9.17) is 11.6 Å². The lowest BCUT2D eigenvalue weighted by atomic mass is 9.99. The zero-order chi connectivity index (χ0) is 15.8. The largest absolute Gasteiger partial charge is 0.343 e. The lowest BCUT2D eigenvalue weighted by molar-refractivity contribution is 0.711. The van der Waals surface area contributed by atoms with Crippen LogP contribution in [0.1, 0.15) is 11.1 Å². The van der Waals surface area contributed by atoms with Gasteiger partial charge in [0.25, 0.3) is 0 Å². The van der Waals surface area contributed by atoms with Gasteiger partial charge in [0.2, 0.25) is 0 Å². The van der Waals surface area contributed by atoms with Crippen LogP contribution in [-0.2, 0) is 12.8 Å². The summed E-state index contributed by atoms with van der Waals surface area (Å²) in [7, 11) is 2.13. The molecular weight excluding hydrogens is 324 g/mol. The van der Waals surface area contributed by atoms with Crippen molar-refractivity contribution in [2.75, 3.05) is 25.0 Å². The van der Waals surface area contributed by atoms with E-state index in [-0.39, 0.29) is 0 Å². The summed E-state index contributed by atoms with van der Waals surface area (Å²) in [5.41, 5.74) is 5.18. The summed E-state index contributed by atoms with van der Waals surface area (Å²) >= 11 is 8.41. The lowest BCUT2D eigenvalue weighted by Gasteiger charge is -2.26. The summed E-state index contributed by atoms with van der Waals surface area (Å²) in [4.78, 5) is 2.27. The molecule has 0 saturated heterocycles. The molecule has 0 aliphatic carbocycles. The van der Waals surface area contributed by atoms with Gasteiger partial charge in [0.05, 0.1) is 10.7 Å². The maximum Gasteiger partial charge on any atom is 0.0646 e. The van der Waals surface area contributed by atoms with Crippen molar-refractivity contribution in [1.82, 2.24) is 5.32 Å². The summed E-state index contributed by atoms with van der Waals surface area (Å²) in [5, 5.41) is 7.76. The summed E-state index contributed by atoms with van der Waals surface area (Å²) in [6.45, 7) is 2.05. The number of thiophene rings is 1. The van der Waals surface area contributed by atoms with E-state index in [1.807, 2.05) is 6.07 Å². The minimum Gasteiger partial charge on any atom is -0.343 e. The number of rotatable bonds is 2. The Hall–Kier alpha value is -1.55. The topological polar surface area (TPSA) is 15.3 Å². The SMILES string of the molecule is CN(c1c(Cl)ccc2c1CCNCC2)c1cccc2sccc12. The fourth-order valence-corrected chi connectivity index (χ4v) is 4.59. The Balaban J connectivity index is 1.88. The van der Waals surface area contributed by atoms with Crippen LogP contribution in [-0.4, -0.2) is 20.1 Å². The lowest BCUT2D eigenvalue weighted by Crippen LogP contribution is -2.17. The molecule has 2 nitrogen and oxygen atoms in total. The Morgan fingerprint density at radius 1 is 1.09 bits per heavy atom. The normalized spacial score (nSPS) is 14.5. The smallest absolute Gasteiger partial charge is 0.0646 e. The van der Waals surface area contributed by atoms with Crippen LogP contribution < -0.4 is 10.2 Å². The second-order valence-electron chi connectivity index (χ2n) is 5.95. The van der Waals surface area contributed by atoms with Gasteiger partial charge in [0.1, 0.15) is 0 Å². The van der Waals surface area contributed by atoms with E-state index in [9.17, 15) is 0 Å². The molecule has 2 heterocycles. The Kier molecular flexibility index (Phi) is 4.02. The Morgan fingerprint density at radius 2 is 1.96 bits per heavy atom. The van der Waals surface area contributed by atoms with E-state index >= 15 is 0 Å². The second kappa shape index (κ2) is 6.16. The first-order valence-electron chi connectivity index (χ1n) is 7.96. The first kappa shape index (κ1) is 15.0. The molecule has 0 bridgehead atoms. The molecule has 1 aliphatic heterocycles. The standard InChI is InChI=1S/C19H19ClN2S/c1-22(17-3-2-4-18-15(17)9-12-23-18)19-14-8-11-21-10-7-13(14)5-6-16(19)20/h2-6,9,12,21H,7-8,10-11H2,1H3. The van der Waals surface area contributed by atoms with Gasteiger partial charge in [-0.25, -0.2) is 0 Å². The van der Waals surface area contributed by atoms with Crippen molar-refractivity contribution in [2.24, 2.45) is 0 Å². The molecule has 4 rings (SSSR count). The maximum absolute atomic E-state index is 6.62. The van der Waals surface area contributed by atoms with Gasteiger partial charge in [-0.05, 0) is 66.7 Å². The second-order valence-corrected chi connectivity index (χ2v) is 7.31. The number of nitrogens with one attached hydrogen (secondary N) is 1. The Labute approximate surface area is 145 Å². The molecule has 1 aromatic heterocycles. The van der Waals surface area contributed by atoms with Crippen molar-refractivity contribution in [2.45, 2.75) is 12.8 Å². The highest BCUT2D eigenvalue weighted by Gasteiger charge is 2.19. The summed E-state index contributed by atoms with van der Waals surface area (Å²) < 4.78 is 1.31. The van der Waals surface area contributed by atoms with Crippen LogP contribution in [0.15, 0.2) is 41.8 Å². The van der Waals surface area contributed by atoms with Gasteiger partial charge < -0.3 is 10.2 Å². The van der Waals surface area contributed by atoms with Gasteiger partial charge >= 0.3 is 0 Å². The van der Waals surface area contributed by atoms with E-state index in [1.165, 1.54) is 26.9 Å². The molecule has 0 atom stereocenters. The molecule has 0 spiro atoms. The number of anilines is 2. The molecule has 0 unspecified atom stereocenters. The molecule has 23 heavy (non-hydrogen) atoms. The van der Waals surface area contributed by atoms with Crippen LogP contribution in [0.3, 0.4) is 0 Å². The third kappa shape index (κ3) is 2.63. The molecule has 1 aliphatic rings. The Bertz CT molecular complexity index is 856. The van der Waals surface area contributed by atoms with Crippen LogP contribution in [0.5, 0.6) is 0 Å². The molecule has 0 saturated carbocycles. The molecule has 0 fully saturated rings. The Morgan fingerprint density at radius 3 is 2.87 bits per heavy atom. The van der Waals surface area contributed by atoms with Crippen molar-refractivity contribution < 1.29 is 0 Å². The molecule has 0 amide bonds. The molecular formula is C19H19ClN2S. The number of benzene rings is 2. The van der Waals surface area contributed by atoms with E-state index in [0.717, 1.165) is 36.6 Å². The zero-order valence-electron chi connectivity index (χ0n) is 13.1. The van der Waals surface area contributed by atoms with Gasteiger partial charge in [0.15, 0.2) is 0 Å². The first-order chi connectivity index (χ1) is 11.3. The fourth-order valence-electron chi connectivity index (χ4n) is 3.48. The van der Waals surface area contributed by atoms with Crippen LogP contribution in [0.2, 0.25) is 5.02 Å². The molecule has 3 aromatic rings. The van der Waals surface area contributed by atoms with Crippen molar-refractivity contribution >= 4 is 44.4 Å². The van der Waals surface area contributed by atoms with Gasteiger partial charge in [-0.2, -0.15) is 0 Å². The third-order valence-corrected chi connectivity index (χ3v) is 5.81. The van der Waals surface area contributed by atoms with Gasteiger partial charge in [0, 0.05) is 22.8 Å². The van der Waals surface area contributed by atoms with Crippen LogP contribution in [0, 0.1) is 0 Å². The molecule has 4 heteroatoms. The zero-order valence-corrected chi connectivity index (χ0v) is 14.7. The van der Waals surface area contributed by atoms with Crippen molar-refractivity contribution in [1.29, 1.82) is 0 Å². The molecule has 2 aromatic carbocycles. The molecule has 118 valence electrons. The van der Waals surface area contributed by atoms with E-state index in [1.54, 1.807) is 11.3 Å².